The van der Waals surface area contributed by atoms with Crippen molar-refractivity contribution in [1.29, 1.82) is 0 Å². The lowest BCUT2D eigenvalue weighted by Crippen LogP contribution is -1.95. The van der Waals surface area contributed by atoms with Crippen molar-refractivity contribution in [3.05, 3.63) is 231 Å². The maximum Gasteiger partial charge on any atom is 0.0722 e. The van der Waals surface area contributed by atoms with E-state index in [1.165, 1.54) is 92.4 Å². The van der Waals surface area contributed by atoms with Gasteiger partial charge in [0, 0.05) is 38.4 Å². The van der Waals surface area contributed by atoms with Crippen molar-refractivity contribution in [2.45, 2.75) is 0 Å². The average molecular weight is 799 g/mol. The van der Waals surface area contributed by atoms with Crippen LogP contribution in [0.1, 0.15) is 0 Å². The summed E-state index contributed by atoms with van der Waals surface area (Å²) in [6.45, 7) is 0. The monoisotopic (exact) mass is 798 g/mol. The minimum atomic E-state index is 0.946. The van der Waals surface area contributed by atoms with E-state index in [0.717, 1.165) is 33.8 Å². The molecule has 2 aromatic heterocycles. The molecule has 292 valence electrons. The Labute approximate surface area is 364 Å². The fraction of sp³-hybridized carbons (Fsp3) is 0. The van der Waals surface area contributed by atoms with Gasteiger partial charge in [-0.2, -0.15) is 0 Å². The zero-order valence-corrected chi connectivity index (χ0v) is 34.3. The Balaban J connectivity index is 1.02. The Morgan fingerprint density at radius 1 is 0.286 bits per heavy atom. The Morgan fingerprint density at radius 2 is 0.825 bits per heavy atom. The predicted octanol–water partition coefficient (Wildman–Crippen LogP) is 16.6. The number of para-hydroxylation sites is 2. The van der Waals surface area contributed by atoms with Crippen LogP contribution in [-0.2, 0) is 0 Å². The summed E-state index contributed by atoms with van der Waals surface area (Å²) < 4.78 is 2.46. The van der Waals surface area contributed by atoms with Gasteiger partial charge >= 0.3 is 0 Å². The standard InChI is InChI=1S/C61H38N2/c1-3-17-39(18-4-1)43-36-56(62-57(37-43)54-35-42-19-7-8-22-45(42)46-23-9-10-24-47(46)54)41-33-31-40(32-34-41)53-38-55-49-26-12-14-28-51(49)61-60(59(55)50-27-13-11-25-48(50)53)52-29-15-16-30-58(52)63(61)44-20-5-2-6-21-44/h1-38H. The van der Waals surface area contributed by atoms with Crippen LogP contribution in [0.15, 0.2) is 231 Å². The summed E-state index contributed by atoms with van der Waals surface area (Å²) in [5, 5.41) is 15.0. The van der Waals surface area contributed by atoms with E-state index >= 15 is 0 Å². The molecule has 0 bridgehead atoms. The van der Waals surface area contributed by atoms with Gasteiger partial charge in [-0.1, -0.05) is 188 Å². The van der Waals surface area contributed by atoms with Crippen LogP contribution < -0.4 is 0 Å². The molecule has 0 aliphatic carbocycles. The molecule has 0 amide bonds. The van der Waals surface area contributed by atoms with Crippen LogP contribution in [0.5, 0.6) is 0 Å². The fourth-order valence-corrected chi connectivity index (χ4v) is 10.3. The van der Waals surface area contributed by atoms with E-state index in [9.17, 15) is 0 Å². The van der Waals surface area contributed by atoms with Crippen molar-refractivity contribution in [3.63, 3.8) is 0 Å². The number of nitrogens with zero attached hydrogens (tertiary/aromatic N) is 2. The first-order valence-electron chi connectivity index (χ1n) is 21.7. The van der Waals surface area contributed by atoms with Crippen LogP contribution in [-0.4, -0.2) is 9.55 Å². The largest absolute Gasteiger partial charge is 0.309 e. The molecule has 2 nitrogen and oxygen atoms in total. The molecule has 13 aromatic rings. The molecule has 0 saturated carbocycles. The minimum absolute atomic E-state index is 0.946. The Morgan fingerprint density at radius 3 is 1.57 bits per heavy atom. The molecule has 2 heteroatoms. The van der Waals surface area contributed by atoms with Crippen LogP contribution in [0.3, 0.4) is 0 Å². The van der Waals surface area contributed by atoms with Crippen LogP contribution in [0, 0.1) is 0 Å². The molecule has 0 unspecified atom stereocenters. The lowest BCUT2D eigenvalue weighted by atomic mass is 9.88. The summed E-state index contributed by atoms with van der Waals surface area (Å²) in [6.07, 6.45) is 0. The molecule has 0 fully saturated rings. The zero-order valence-electron chi connectivity index (χ0n) is 34.3. The van der Waals surface area contributed by atoms with Crippen LogP contribution in [0.25, 0.3) is 126 Å². The predicted molar refractivity (Wildman–Crippen MR) is 268 cm³/mol. The van der Waals surface area contributed by atoms with Crippen molar-refractivity contribution in [1.82, 2.24) is 9.55 Å². The summed E-state index contributed by atoms with van der Waals surface area (Å²) in [5.41, 5.74) is 12.4. The van der Waals surface area contributed by atoms with Gasteiger partial charge in [0.1, 0.15) is 0 Å². The van der Waals surface area contributed by atoms with Crippen molar-refractivity contribution in [2.75, 3.05) is 0 Å². The van der Waals surface area contributed by atoms with Gasteiger partial charge in [0.15, 0.2) is 0 Å². The van der Waals surface area contributed by atoms with Crippen molar-refractivity contribution in [3.8, 4) is 50.5 Å². The topological polar surface area (TPSA) is 17.8 Å². The molecule has 0 aliphatic heterocycles. The molecule has 0 aliphatic rings. The van der Waals surface area contributed by atoms with Crippen molar-refractivity contribution < 1.29 is 0 Å². The van der Waals surface area contributed by atoms with Crippen LogP contribution in [0.4, 0.5) is 0 Å². The summed E-state index contributed by atoms with van der Waals surface area (Å²) in [5.74, 6) is 0. The first kappa shape index (κ1) is 35.4. The van der Waals surface area contributed by atoms with E-state index in [4.69, 9.17) is 4.98 Å². The first-order chi connectivity index (χ1) is 31.3. The molecule has 0 spiro atoms. The lowest BCUT2D eigenvalue weighted by molar-refractivity contribution is 1.19. The molecule has 11 aromatic carbocycles. The minimum Gasteiger partial charge on any atom is -0.309 e. The second kappa shape index (κ2) is 14.1. The maximum atomic E-state index is 5.46. The third kappa shape index (κ3) is 5.55. The van der Waals surface area contributed by atoms with Gasteiger partial charge in [-0.05, 0) is 108 Å². The summed E-state index contributed by atoms with van der Waals surface area (Å²) in [7, 11) is 0. The Kier molecular flexibility index (Phi) is 7.94. The van der Waals surface area contributed by atoms with Crippen molar-refractivity contribution in [2.24, 2.45) is 0 Å². The Hall–Kier alpha value is -8.33. The van der Waals surface area contributed by atoms with E-state index < -0.39 is 0 Å². The molecular weight excluding hydrogens is 761 g/mol. The van der Waals surface area contributed by atoms with E-state index in [1.807, 2.05) is 0 Å². The second-order valence-corrected chi connectivity index (χ2v) is 16.6. The van der Waals surface area contributed by atoms with Gasteiger partial charge in [0.25, 0.3) is 0 Å². The van der Waals surface area contributed by atoms with Gasteiger partial charge in [-0.25, -0.2) is 4.98 Å². The van der Waals surface area contributed by atoms with Gasteiger partial charge in [-0.15, -0.1) is 0 Å². The number of rotatable bonds is 5. The van der Waals surface area contributed by atoms with E-state index in [0.29, 0.717) is 0 Å². The molecular formula is C61H38N2. The van der Waals surface area contributed by atoms with Crippen LogP contribution in [0.2, 0.25) is 0 Å². The van der Waals surface area contributed by atoms with E-state index in [-0.39, 0.29) is 0 Å². The highest BCUT2D eigenvalue weighted by Crippen LogP contribution is 2.47. The number of hydrogen-bond acceptors (Lipinski definition) is 1. The van der Waals surface area contributed by atoms with Gasteiger partial charge in [0.05, 0.1) is 22.4 Å². The number of hydrogen-bond donors (Lipinski definition) is 0. The summed E-state index contributed by atoms with van der Waals surface area (Å²) in [4.78, 5) is 5.46. The highest BCUT2D eigenvalue weighted by Gasteiger charge is 2.22. The fourth-order valence-electron chi connectivity index (χ4n) is 10.3. The number of benzene rings is 11. The third-order valence-corrected chi connectivity index (χ3v) is 13.1. The van der Waals surface area contributed by atoms with Crippen LogP contribution >= 0.6 is 0 Å². The first-order valence-corrected chi connectivity index (χ1v) is 21.7. The van der Waals surface area contributed by atoms with E-state index in [1.54, 1.807) is 0 Å². The summed E-state index contributed by atoms with van der Waals surface area (Å²) >= 11 is 0. The SMILES string of the molecule is c1ccc(-c2cc(-c3ccc(-c4cc5c6ccccc6c6c(c7ccccc7n6-c6ccccc6)c5c5ccccc45)cc3)nc(-c3cc4ccccc4c4ccccc34)c2)cc1. The molecule has 0 radical (unpaired) electrons. The Bertz CT molecular complexity index is 3940. The second-order valence-electron chi connectivity index (χ2n) is 16.6. The quantitative estimate of drug-likeness (QED) is 0.159. The smallest absolute Gasteiger partial charge is 0.0722 e. The number of fused-ring (bicyclic) bond motifs is 13. The number of pyridine rings is 1. The molecule has 63 heavy (non-hydrogen) atoms. The van der Waals surface area contributed by atoms with Gasteiger partial charge in [-0.3, -0.25) is 0 Å². The highest BCUT2D eigenvalue weighted by molar-refractivity contribution is 6.38. The normalized spacial score (nSPS) is 11.8. The molecule has 0 saturated heterocycles. The average Bonchev–Trinajstić information content (AvgIpc) is 3.71. The van der Waals surface area contributed by atoms with Gasteiger partial charge < -0.3 is 4.57 Å². The summed E-state index contributed by atoms with van der Waals surface area (Å²) in [6, 6.07) is 84.0. The lowest BCUT2D eigenvalue weighted by Gasteiger charge is -2.16. The maximum absolute atomic E-state index is 5.46. The highest BCUT2D eigenvalue weighted by atomic mass is 15.0. The molecule has 2 heterocycles. The molecule has 0 atom stereocenters. The molecule has 13 rings (SSSR count). The third-order valence-electron chi connectivity index (χ3n) is 13.1. The number of aromatic nitrogens is 2. The zero-order chi connectivity index (χ0) is 41.4. The van der Waals surface area contributed by atoms with Crippen molar-refractivity contribution >= 4 is 75.7 Å². The molecule has 0 N–H and O–H groups in total. The van der Waals surface area contributed by atoms with Gasteiger partial charge in [0.2, 0.25) is 0 Å². The van der Waals surface area contributed by atoms with E-state index in [2.05, 4.69) is 235 Å².